The van der Waals surface area contributed by atoms with Gasteiger partial charge in [0.1, 0.15) is 10.6 Å². The first-order valence-corrected chi connectivity index (χ1v) is 8.28. The smallest absolute Gasteiger partial charge is 0.305 e. The Morgan fingerprint density at radius 2 is 1.91 bits per heavy atom. The molecule has 6 nitrogen and oxygen atoms in total. The third-order valence-corrected chi connectivity index (χ3v) is 4.98. The average Bonchev–Trinajstić information content (AvgIpc) is 2.92. The van der Waals surface area contributed by atoms with Gasteiger partial charge in [-0.05, 0) is 19.1 Å². The molecule has 23 heavy (non-hydrogen) atoms. The van der Waals surface area contributed by atoms with Gasteiger partial charge in [-0.1, -0.05) is 23.5 Å². The lowest BCUT2D eigenvalue weighted by Crippen LogP contribution is -2.48. The fraction of sp³-hybridized carbons (Fsp3) is 0.375. The number of anilines is 1. The number of carbonyl (C=O) groups excluding carboxylic acids is 1. The van der Waals surface area contributed by atoms with Gasteiger partial charge in [-0.25, -0.2) is 0 Å². The van der Waals surface area contributed by atoms with Crippen LogP contribution in [-0.4, -0.2) is 49.1 Å². The van der Waals surface area contributed by atoms with Gasteiger partial charge in [0, 0.05) is 31.9 Å². The van der Waals surface area contributed by atoms with Crippen molar-refractivity contribution in [3.05, 3.63) is 44.5 Å². The van der Waals surface area contributed by atoms with E-state index < -0.39 is 0 Å². The van der Waals surface area contributed by atoms with Crippen molar-refractivity contribution in [2.45, 2.75) is 6.92 Å². The van der Waals surface area contributed by atoms with Crippen molar-refractivity contribution in [3.8, 4) is 5.75 Å². The van der Waals surface area contributed by atoms with Crippen LogP contribution in [0.25, 0.3) is 0 Å². The van der Waals surface area contributed by atoms with Crippen molar-refractivity contribution in [2.75, 3.05) is 38.2 Å². The van der Waals surface area contributed by atoms with Crippen LogP contribution in [0.15, 0.2) is 29.1 Å². The molecular formula is C16H19N3O3S. The maximum Gasteiger partial charge on any atom is 0.305 e. The van der Waals surface area contributed by atoms with E-state index in [1.165, 1.54) is 0 Å². The van der Waals surface area contributed by atoms with Gasteiger partial charge < -0.3 is 19.5 Å². The first-order valence-electron chi connectivity index (χ1n) is 7.47. The van der Waals surface area contributed by atoms with E-state index in [-0.39, 0.29) is 10.8 Å². The van der Waals surface area contributed by atoms with Crippen molar-refractivity contribution < 1.29 is 9.53 Å². The van der Waals surface area contributed by atoms with Crippen LogP contribution in [0.5, 0.6) is 5.75 Å². The number of aromatic amines is 1. The number of amides is 1. The van der Waals surface area contributed by atoms with E-state index in [0.29, 0.717) is 23.7 Å². The Morgan fingerprint density at radius 3 is 2.52 bits per heavy atom. The summed E-state index contributed by atoms with van der Waals surface area (Å²) in [4.78, 5) is 30.9. The Bertz CT molecular complexity index is 760. The Morgan fingerprint density at radius 1 is 1.22 bits per heavy atom. The highest BCUT2D eigenvalue weighted by atomic mass is 32.1. The number of nitrogens with zero attached hydrogens (tertiary/aromatic N) is 2. The van der Waals surface area contributed by atoms with E-state index in [1.807, 2.05) is 24.3 Å². The third-order valence-electron chi connectivity index (χ3n) is 4.01. The summed E-state index contributed by atoms with van der Waals surface area (Å²) in [5.41, 5.74) is 1.70. The lowest BCUT2D eigenvalue weighted by molar-refractivity contribution is 0.0750. The quantitative estimate of drug-likeness (QED) is 0.929. The number of hydrogen-bond donors (Lipinski definition) is 1. The Labute approximate surface area is 138 Å². The Kier molecular flexibility index (Phi) is 4.38. The van der Waals surface area contributed by atoms with E-state index >= 15 is 0 Å². The standard InChI is InChI=1S/C16H19N3O3S/c1-11-14(23-16(21)17-11)15(20)19-9-7-18(8-10-19)12-5-3-4-6-13(12)22-2/h3-6H,7-10H2,1-2H3,(H,17,21). The minimum absolute atomic E-state index is 0.0643. The second-order valence-electron chi connectivity index (χ2n) is 5.42. The van der Waals surface area contributed by atoms with Gasteiger partial charge in [-0.2, -0.15) is 0 Å². The number of benzene rings is 1. The van der Waals surface area contributed by atoms with Gasteiger partial charge in [-0.15, -0.1) is 0 Å². The zero-order valence-corrected chi connectivity index (χ0v) is 14.0. The number of piperazine rings is 1. The van der Waals surface area contributed by atoms with Crippen molar-refractivity contribution in [3.63, 3.8) is 0 Å². The van der Waals surface area contributed by atoms with Gasteiger partial charge in [0.15, 0.2) is 0 Å². The summed E-state index contributed by atoms with van der Waals surface area (Å²) in [6, 6.07) is 7.89. The molecule has 2 heterocycles. The van der Waals surface area contributed by atoms with Gasteiger partial charge in [0.05, 0.1) is 12.8 Å². The van der Waals surface area contributed by atoms with Crippen LogP contribution in [0.1, 0.15) is 15.4 Å². The number of para-hydroxylation sites is 2. The summed E-state index contributed by atoms with van der Waals surface area (Å²) >= 11 is 0.983. The minimum atomic E-state index is -0.182. The second kappa shape index (κ2) is 6.45. The second-order valence-corrected chi connectivity index (χ2v) is 6.40. The molecule has 0 bridgehead atoms. The van der Waals surface area contributed by atoms with E-state index in [0.717, 1.165) is 35.9 Å². The van der Waals surface area contributed by atoms with Crippen LogP contribution in [0.2, 0.25) is 0 Å². The molecule has 0 atom stereocenters. The molecule has 0 spiro atoms. The highest BCUT2D eigenvalue weighted by Gasteiger charge is 2.25. The highest BCUT2D eigenvalue weighted by molar-refractivity contribution is 7.11. The molecule has 2 aromatic rings. The minimum Gasteiger partial charge on any atom is -0.495 e. The number of rotatable bonds is 3. The molecule has 3 rings (SSSR count). The van der Waals surface area contributed by atoms with Gasteiger partial charge in [-0.3, -0.25) is 9.59 Å². The SMILES string of the molecule is COc1ccccc1N1CCN(C(=O)c2sc(=O)[nH]c2C)CC1. The number of aromatic nitrogens is 1. The molecule has 1 amide bonds. The molecule has 1 aliphatic rings. The fourth-order valence-electron chi connectivity index (χ4n) is 2.79. The average molecular weight is 333 g/mol. The Hall–Kier alpha value is -2.28. The molecule has 0 saturated carbocycles. The van der Waals surface area contributed by atoms with Gasteiger partial charge in [0.2, 0.25) is 0 Å². The lowest BCUT2D eigenvalue weighted by atomic mass is 10.2. The fourth-order valence-corrected chi connectivity index (χ4v) is 3.60. The molecule has 0 unspecified atom stereocenters. The number of carbonyl (C=O) groups is 1. The van der Waals surface area contributed by atoms with Crippen LogP contribution < -0.4 is 14.5 Å². The van der Waals surface area contributed by atoms with E-state index in [2.05, 4.69) is 9.88 Å². The zero-order valence-electron chi connectivity index (χ0n) is 13.2. The largest absolute Gasteiger partial charge is 0.495 e. The van der Waals surface area contributed by atoms with E-state index in [9.17, 15) is 9.59 Å². The molecule has 1 N–H and O–H groups in total. The monoisotopic (exact) mass is 333 g/mol. The van der Waals surface area contributed by atoms with Gasteiger partial charge >= 0.3 is 4.87 Å². The van der Waals surface area contributed by atoms with Crippen LogP contribution in [0.3, 0.4) is 0 Å². The van der Waals surface area contributed by atoms with Crippen LogP contribution in [0.4, 0.5) is 5.69 Å². The normalized spacial score (nSPS) is 14.9. The number of aryl methyl sites for hydroxylation is 1. The number of methoxy groups -OCH3 is 1. The van der Waals surface area contributed by atoms with Crippen LogP contribution >= 0.6 is 11.3 Å². The van der Waals surface area contributed by atoms with Crippen molar-refractivity contribution in [1.29, 1.82) is 0 Å². The first kappa shape index (κ1) is 15.6. The molecule has 0 aliphatic carbocycles. The first-order chi connectivity index (χ1) is 11.1. The van der Waals surface area contributed by atoms with Crippen molar-refractivity contribution >= 4 is 22.9 Å². The van der Waals surface area contributed by atoms with E-state index in [1.54, 1.807) is 18.9 Å². The molecule has 1 fully saturated rings. The van der Waals surface area contributed by atoms with Crippen LogP contribution in [0, 0.1) is 6.92 Å². The summed E-state index contributed by atoms with van der Waals surface area (Å²) in [7, 11) is 1.66. The summed E-state index contributed by atoms with van der Waals surface area (Å²) < 4.78 is 5.40. The van der Waals surface area contributed by atoms with Gasteiger partial charge in [0.25, 0.3) is 5.91 Å². The van der Waals surface area contributed by atoms with E-state index in [4.69, 9.17) is 4.74 Å². The molecule has 1 aromatic carbocycles. The topological polar surface area (TPSA) is 65.6 Å². The number of ether oxygens (including phenoxy) is 1. The third kappa shape index (κ3) is 3.10. The molecule has 0 radical (unpaired) electrons. The van der Waals surface area contributed by atoms with Crippen molar-refractivity contribution in [2.24, 2.45) is 0 Å². The lowest BCUT2D eigenvalue weighted by Gasteiger charge is -2.36. The summed E-state index contributed by atoms with van der Waals surface area (Å²) in [5.74, 6) is 0.775. The molecule has 1 aliphatic heterocycles. The summed E-state index contributed by atoms with van der Waals surface area (Å²) in [5, 5.41) is 0. The maximum atomic E-state index is 12.5. The molecule has 1 saturated heterocycles. The van der Waals surface area contributed by atoms with Crippen molar-refractivity contribution in [1.82, 2.24) is 9.88 Å². The maximum absolute atomic E-state index is 12.5. The number of nitrogens with one attached hydrogen (secondary N) is 1. The highest BCUT2D eigenvalue weighted by Crippen LogP contribution is 2.28. The predicted octanol–water partition coefficient (Wildman–Crippen LogP) is 1.72. The molecular weight excluding hydrogens is 314 g/mol. The summed E-state index contributed by atoms with van der Waals surface area (Å²) in [6.45, 7) is 4.50. The predicted molar refractivity (Wildman–Crippen MR) is 90.8 cm³/mol. The number of hydrogen-bond acceptors (Lipinski definition) is 5. The Balaban J connectivity index is 1.70. The molecule has 7 heteroatoms. The molecule has 122 valence electrons. The van der Waals surface area contributed by atoms with Crippen LogP contribution in [-0.2, 0) is 0 Å². The zero-order chi connectivity index (χ0) is 16.4. The molecule has 1 aromatic heterocycles. The number of H-pyrrole nitrogens is 1. The number of thiazole rings is 1. The summed E-state index contributed by atoms with van der Waals surface area (Å²) in [6.07, 6.45) is 0.